The summed E-state index contributed by atoms with van der Waals surface area (Å²) >= 11 is 8.08. The number of benzene rings is 1. The molecule has 0 aliphatic carbocycles. The van der Waals surface area contributed by atoms with Gasteiger partial charge in [-0.15, -0.1) is 0 Å². The summed E-state index contributed by atoms with van der Waals surface area (Å²) in [5.41, 5.74) is 1.66. The van der Waals surface area contributed by atoms with Gasteiger partial charge in [0.05, 0.1) is 12.5 Å². The van der Waals surface area contributed by atoms with E-state index >= 15 is 0 Å². The lowest BCUT2D eigenvalue weighted by molar-refractivity contribution is 0.414. The van der Waals surface area contributed by atoms with Crippen LogP contribution in [-0.4, -0.2) is 27.3 Å². The number of rotatable bonds is 4. The van der Waals surface area contributed by atoms with Crippen molar-refractivity contribution in [3.8, 4) is 5.75 Å². The molecule has 2 N–H and O–H groups in total. The Kier molecular flexibility index (Phi) is 4.11. The zero-order valence-corrected chi connectivity index (χ0v) is 13.9. The molecule has 0 aliphatic rings. The lowest BCUT2D eigenvalue weighted by atomic mass is 10.2. The number of fused-ring (bicyclic) bond motifs is 1. The van der Waals surface area contributed by atoms with Gasteiger partial charge in [-0.3, -0.25) is 5.10 Å². The van der Waals surface area contributed by atoms with Gasteiger partial charge in [0.2, 0.25) is 5.28 Å². The van der Waals surface area contributed by atoms with Gasteiger partial charge in [0.25, 0.3) is 0 Å². The fraction of sp³-hybridized carbons (Fsp3) is 0.154. The highest BCUT2D eigenvalue weighted by molar-refractivity contribution is 14.1. The number of aromatic amines is 1. The fourth-order valence-corrected chi connectivity index (χ4v) is 2.70. The Balaban J connectivity index is 1.85. The molecule has 21 heavy (non-hydrogen) atoms. The van der Waals surface area contributed by atoms with Crippen LogP contribution < -0.4 is 10.1 Å². The number of ether oxygens (including phenoxy) is 1. The van der Waals surface area contributed by atoms with Crippen LogP contribution in [0.3, 0.4) is 0 Å². The van der Waals surface area contributed by atoms with Crippen molar-refractivity contribution >= 4 is 51.0 Å². The van der Waals surface area contributed by atoms with Crippen LogP contribution in [0.25, 0.3) is 11.0 Å². The lowest BCUT2D eigenvalue weighted by Crippen LogP contribution is -2.03. The molecule has 8 heteroatoms. The molecule has 3 aromatic rings. The number of nitrogens with zero attached hydrogens (tertiary/aromatic N) is 3. The molecule has 0 bridgehead atoms. The number of methoxy groups -OCH3 is 1. The van der Waals surface area contributed by atoms with Crippen LogP contribution in [0, 0.1) is 3.70 Å². The first-order valence-corrected chi connectivity index (χ1v) is 7.57. The summed E-state index contributed by atoms with van der Waals surface area (Å²) in [6, 6.07) is 7.82. The van der Waals surface area contributed by atoms with Crippen LogP contribution >= 0.6 is 34.2 Å². The zero-order chi connectivity index (χ0) is 14.8. The summed E-state index contributed by atoms with van der Waals surface area (Å²) in [5, 5.41) is 11.2. The van der Waals surface area contributed by atoms with Crippen molar-refractivity contribution in [2.75, 3.05) is 12.4 Å². The van der Waals surface area contributed by atoms with Crippen LogP contribution in [0.2, 0.25) is 5.28 Å². The molecular weight excluding hydrogens is 405 g/mol. The summed E-state index contributed by atoms with van der Waals surface area (Å²) in [4.78, 5) is 8.32. The van der Waals surface area contributed by atoms with E-state index in [-0.39, 0.29) is 5.28 Å². The van der Waals surface area contributed by atoms with Gasteiger partial charge in [0.1, 0.15) is 15.3 Å². The van der Waals surface area contributed by atoms with Gasteiger partial charge in [0, 0.05) is 6.54 Å². The molecule has 0 amide bonds. The molecule has 1 aromatic carbocycles. The Morgan fingerprint density at radius 2 is 2.05 bits per heavy atom. The van der Waals surface area contributed by atoms with Gasteiger partial charge in [-0.2, -0.15) is 15.1 Å². The molecule has 0 radical (unpaired) electrons. The molecule has 2 heterocycles. The molecular formula is C13H11ClIN5O. The second-order valence-corrected chi connectivity index (χ2v) is 5.70. The maximum Gasteiger partial charge on any atom is 0.226 e. The van der Waals surface area contributed by atoms with Crippen molar-refractivity contribution in [1.82, 2.24) is 20.2 Å². The third-order valence-corrected chi connectivity index (χ3v) is 3.91. The molecule has 0 aliphatic heterocycles. The summed E-state index contributed by atoms with van der Waals surface area (Å²) in [5.74, 6) is 1.49. The largest absolute Gasteiger partial charge is 0.497 e. The number of anilines is 1. The summed E-state index contributed by atoms with van der Waals surface area (Å²) in [6.07, 6.45) is 0. The van der Waals surface area contributed by atoms with Crippen molar-refractivity contribution < 1.29 is 4.74 Å². The molecule has 108 valence electrons. The van der Waals surface area contributed by atoms with Crippen molar-refractivity contribution in [2.24, 2.45) is 0 Å². The van der Waals surface area contributed by atoms with E-state index < -0.39 is 0 Å². The predicted octanol–water partition coefficient (Wildman–Crippen LogP) is 3.23. The van der Waals surface area contributed by atoms with E-state index in [1.54, 1.807) is 7.11 Å². The topological polar surface area (TPSA) is 75.7 Å². The Hall–Kier alpha value is -1.61. The van der Waals surface area contributed by atoms with Crippen LogP contribution in [0.4, 0.5) is 5.82 Å². The Morgan fingerprint density at radius 3 is 2.76 bits per heavy atom. The highest BCUT2D eigenvalue weighted by Crippen LogP contribution is 2.25. The molecule has 0 saturated heterocycles. The monoisotopic (exact) mass is 415 g/mol. The van der Waals surface area contributed by atoms with E-state index in [4.69, 9.17) is 16.3 Å². The average molecular weight is 416 g/mol. The second-order valence-electron chi connectivity index (χ2n) is 4.28. The Bertz CT molecular complexity index is 774. The van der Waals surface area contributed by atoms with Crippen molar-refractivity contribution in [3.63, 3.8) is 0 Å². The Labute approximate surface area is 139 Å². The SMILES string of the molecule is COc1ccc(CNc2nc(Cl)nc3n[nH]c(I)c23)cc1. The van der Waals surface area contributed by atoms with E-state index in [1.807, 2.05) is 24.3 Å². The van der Waals surface area contributed by atoms with Gasteiger partial charge in [-0.25, -0.2) is 0 Å². The molecule has 3 rings (SSSR count). The maximum absolute atomic E-state index is 5.92. The first-order valence-electron chi connectivity index (χ1n) is 6.11. The van der Waals surface area contributed by atoms with Gasteiger partial charge in [-0.1, -0.05) is 12.1 Å². The highest BCUT2D eigenvalue weighted by Gasteiger charge is 2.12. The lowest BCUT2D eigenvalue weighted by Gasteiger charge is -2.08. The molecule has 2 aromatic heterocycles. The Morgan fingerprint density at radius 1 is 1.29 bits per heavy atom. The van der Waals surface area contributed by atoms with E-state index in [9.17, 15) is 0 Å². The molecule has 6 nitrogen and oxygen atoms in total. The van der Waals surface area contributed by atoms with Crippen LogP contribution in [0.15, 0.2) is 24.3 Å². The zero-order valence-electron chi connectivity index (χ0n) is 11.0. The minimum absolute atomic E-state index is 0.169. The third kappa shape index (κ3) is 3.03. The van der Waals surface area contributed by atoms with E-state index in [1.165, 1.54) is 0 Å². The van der Waals surface area contributed by atoms with Crippen molar-refractivity contribution in [3.05, 3.63) is 38.8 Å². The summed E-state index contributed by atoms with van der Waals surface area (Å²) in [6.45, 7) is 0.619. The number of hydrogen-bond donors (Lipinski definition) is 2. The molecule has 0 saturated carbocycles. The van der Waals surface area contributed by atoms with E-state index in [0.717, 1.165) is 20.4 Å². The molecule has 0 spiro atoms. The van der Waals surface area contributed by atoms with Crippen molar-refractivity contribution in [1.29, 1.82) is 0 Å². The average Bonchev–Trinajstić information content (AvgIpc) is 2.86. The predicted molar refractivity (Wildman–Crippen MR) is 89.7 cm³/mol. The third-order valence-electron chi connectivity index (χ3n) is 2.96. The van der Waals surface area contributed by atoms with Gasteiger partial charge in [-0.05, 0) is 51.9 Å². The van der Waals surface area contributed by atoms with E-state index in [0.29, 0.717) is 18.0 Å². The first-order chi connectivity index (χ1) is 10.2. The van der Waals surface area contributed by atoms with Crippen LogP contribution in [0.5, 0.6) is 5.75 Å². The summed E-state index contributed by atoms with van der Waals surface area (Å²) in [7, 11) is 1.65. The number of aromatic nitrogens is 4. The van der Waals surface area contributed by atoms with Crippen molar-refractivity contribution in [2.45, 2.75) is 6.54 Å². The fourth-order valence-electron chi connectivity index (χ4n) is 1.92. The normalized spacial score (nSPS) is 10.8. The van der Waals surface area contributed by atoms with Gasteiger partial charge < -0.3 is 10.1 Å². The highest BCUT2D eigenvalue weighted by atomic mass is 127. The quantitative estimate of drug-likeness (QED) is 0.505. The van der Waals surface area contributed by atoms with Gasteiger partial charge in [0.15, 0.2) is 5.65 Å². The van der Waals surface area contributed by atoms with Crippen LogP contribution in [-0.2, 0) is 6.54 Å². The second kappa shape index (κ2) is 6.02. The van der Waals surface area contributed by atoms with E-state index in [2.05, 4.69) is 48.1 Å². The standard InChI is InChI=1S/C13H11ClIN5O/c1-21-8-4-2-7(3-5-8)6-16-11-9-10(15)19-20-12(9)18-13(14)17-11/h2-5H,6H2,1H3,(H2,16,17,18,19,20). The molecule has 0 unspecified atom stereocenters. The number of nitrogens with one attached hydrogen (secondary N) is 2. The smallest absolute Gasteiger partial charge is 0.226 e. The maximum atomic E-state index is 5.92. The minimum atomic E-state index is 0.169. The molecule has 0 fully saturated rings. The van der Waals surface area contributed by atoms with Gasteiger partial charge >= 0.3 is 0 Å². The molecule has 0 atom stereocenters. The number of halogens is 2. The first kappa shape index (κ1) is 14.3. The van der Waals surface area contributed by atoms with Crippen LogP contribution in [0.1, 0.15) is 5.56 Å². The number of H-pyrrole nitrogens is 1. The minimum Gasteiger partial charge on any atom is -0.497 e. The summed E-state index contributed by atoms with van der Waals surface area (Å²) < 4.78 is 6.01. The number of hydrogen-bond acceptors (Lipinski definition) is 5.